The first-order valence-corrected chi connectivity index (χ1v) is 17.1. The van der Waals surface area contributed by atoms with Crippen LogP contribution in [0.3, 0.4) is 0 Å². The maximum absolute atomic E-state index is 14.1. The van der Waals surface area contributed by atoms with Crippen molar-refractivity contribution in [3.63, 3.8) is 0 Å². The first-order valence-electron chi connectivity index (χ1n) is 17.1. The molecule has 2 heterocycles. The maximum atomic E-state index is 14.1. The number of hydrogen-bond acceptors (Lipinski definition) is 3. The lowest BCUT2D eigenvalue weighted by Crippen LogP contribution is -2.20. The zero-order chi connectivity index (χ0) is 32.9. The number of hydrogen-bond donors (Lipinski definition) is 0. The summed E-state index contributed by atoms with van der Waals surface area (Å²) < 4.78 is 1.78. The third-order valence-corrected chi connectivity index (χ3v) is 11.1. The zero-order valence-electron chi connectivity index (χ0n) is 27.4. The second kappa shape index (κ2) is 10.3. The Balaban J connectivity index is 1.21. The largest absolute Gasteiger partial charge is 0.276 e. The number of aryl methyl sites for hydroxylation is 1. The molecule has 0 fully saturated rings. The molecule has 2 aliphatic carbocycles. The van der Waals surface area contributed by atoms with Gasteiger partial charge in [-0.25, -0.2) is 9.97 Å². The lowest BCUT2D eigenvalue weighted by Gasteiger charge is -2.25. The van der Waals surface area contributed by atoms with E-state index < -0.39 is 0 Å². The Morgan fingerprint density at radius 2 is 1.37 bits per heavy atom. The highest BCUT2D eigenvalue weighted by Gasteiger charge is 2.38. The Morgan fingerprint density at radius 1 is 0.673 bits per heavy atom. The Morgan fingerprint density at radius 3 is 2.22 bits per heavy atom. The molecule has 234 valence electrons. The Bertz CT molecular complexity index is 2720. The van der Waals surface area contributed by atoms with Crippen molar-refractivity contribution in [3.05, 3.63) is 172 Å². The number of benzene rings is 6. The van der Waals surface area contributed by atoms with Crippen LogP contribution in [0.2, 0.25) is 0 Å². The fraction of sp³-hybridized carbons (Fsp3) is 0.133. The van der Waals surface area contributed by atoms with Gasteiger partial charge >= 0.3 is 0 Å². The van der Waals surface area contributed by atoms with Crippen molar-refractivity contribution in [1.29, 1.82) is 0 Å². The van der Waals surface area contributed by atoms with Crippen LogP contribution in [-0.2, 0) is 11.8 Å². The van der Waals surface area contributed by atoms with E-state index in [0.29, 0.717) is 10.9 Å². The fourth-order valence-electron chi connectivity index (χ4n) is 8.59. The predicted molar refractivity (Wildman–Crippen MR) is 200 cm³/mol. The van der Waals surface area contributed by atoms with E-state index in [-0.39, 0.29) is 16.9 Å². The lowest BCUT2D eigenvalue weighted by atomic mass is 9.79. The molecule has 2 aromatic heterocycles. The Kier molecular flexibility index (Phi) is 5.93. The summed E-state index contributed by atoms with van der Waals surface area (Å²) in [5, 5.41) is 4.01. The van der Waals surface area contributed by atoms with Crippen LogP contribution < -0.4 is 5.56 Å². The smallest absolute Gasteiger partial charge is 0.266 e. The first kappa shape index (κ1) is 28.2. The lowest BCUT2D eigenvalue weighted by molar-refractivity contribution is 0.651. The standard InChI is InChI=1S/C45H33N3O/c1-45(2)39-23-29-14-7-6-13-28(29)22-36(39)37-24-34-31-17-9-8-12-27(31)20-21-32(35(34)25-40(37)45)43-46-26-38-42(47-43)33-18-10-11-19-41(33)48(44(38)49)30-15-4-3-5-16-30/h3-19,22-26,32H,20-21H2,1-2H3. The summed E-state index contributed by atoms with van der Waals surface area (Å²) in [5.41, 5.74) is 12.6. The van der Waals surface area contributed by atoms with Crippen molar-refractivity contribution in [2.45, 2.75) is 38.0 Å². The van der Waals surface area contributed by atoms with E-state index in [1.807, 2.05) is 48.5 Å². The number of pyridine rings is 1. The van der Waals surface area contributed by atoms with Crippen LogP contribution in [-0.4, -0.2) is 14.5 Å². The molecule has 6 aromatic carbocycles. The van der Waals surface area contributed by atoms with Crippen molar-refractivity contribution < 1.29 is 0 Å². The number of aromatic nitrogens is 3. The van der Waals surface area contributed by atoms with Crippen LogP contribution >= 0.6 is 0 Å². The van der Waals surface area contributed by atoms with Gasteiger partial charge in [-0.3, -0.25) is 9.36 Å². The molecule has 1 unspecified atom stereocenters. The molecule has 49 heavy (non-hydrogen) atoms. The van der Waals surface area contributed by atoms with Crippen LogP contribution in [0.1, 0.15) is 54.3 Å². The summed E-state index contributed by atoms with van der Waals surface area (Å²) in [6.45, 7) is 4.71. The molecule has 0 saturated heterocycles. The van der Waals surface area contributed by atoms with Crippen molar-refractivity contribution in [1.82, 2.24) is 14.5 Å². The monoisotopic (exact) mass is 631 g/mol. The molecule has 0 aliphatic heterocycles. The molecule has 8 aromatic rings. The molecule has 4 nitrogen and oxygen atoms in total. The van der Waals surface area contributed by atoms with E-state index in [1.165, 1.54) is 55.3 Å². The van der Waals surface area contributed by atoms with E-state index in [1.54, 1.807) is 10.8 Å². The Labute approximate surface area is 284 Å². The average Bonchev–Trinajstić information content (AvgIpc) is 3.24. The minimum absolute atomic E-state index is 0.0361. The quantitative estimate of drug-likeness (QED) is 0.178. The van der Waals surface area contributed by atoms with Gasteiger partial charge in [-0.15, -0.1) is 0 Å². The average molecular weight is 632 g/mol. The third kappa shape index (κ3) is 4.07. The summed E-state index contributed by atoms with van der Waals surface area (Å²) in [5.74, 6) is 0.730. The molecule has 0 spiro atoms. The van der Waals surface area contributed by atoms with Gasteiger partial charge in [-0.1, -0.05) is 105 Å². The third-order valence-electron chi connectivity index (χ3n) is 11.1. The van der Waals surface area contributed by atoms with E-state index in [0.717, 1.165) is 35.3 Å². The summed E-state index contributed by atoms with van der Waals surface area (Å²) in [4.78, 5) is 24.4. The van der Waals surface area contributed by atoms with E-state index in [9.17, 15) is 4.79 Å². The number of para-hydroxylation sites is 2. The van der Waals surface area contributed by atoms with Crippen LogP contribution in [0.4, 0.5) is 0 Å². The minimum atomic E-state index is -0.164. The highest BCUT2D eigenvalue weighted by atomic mass is 16.1. The van der Waals surface area contributed by atoms with Crippen LogP contribution in [0.15, 0.2) is 138 Å². The van der Waals surface area contributed by atoms with E-state index in [2.05, 4.69) is 92.7 Å². The molecule has 4 heteroatoms. The van der Waals surface area contributed by atoms with Gasteiger partial charge in [0.15, 0.2) is 0 Å². The molecule has 0 amide bonds. The van der Waals surface area contributed by atoms with Gasteiger partial charge < -0.3 is 0 Å². The van der Waals surface area contributed by atoms with Crippen molar-refractivity contribution in [2.75, 3.05) is 0 Å². The van der Waals surface area contributed by atoms with Crippen molar-refractivity contribution in [2.24, 2.45) is 0 Å². The van der Waals surface area contributed by atoms with Crippen LogP contribution in [0.25, 0.3) is 60.5 Å². The van der Waals surface area contributed by atoms with Crippen molar-refractivity contribution >= 4 is 32.6 Å². The van der Waals surface area contributed by atoms with Crippen LogP contribution in [0, 0.1) is 0 Å². The fourth-order valence-corrected chi connectivity index (χ4v) is 8.59. The molecule has 2 aliphatic rings. The zero-order valence-corrected chi connectivity index (χ0v) is 27.4. The van der Waals surface area contributed by atoms with Gasteiger partial charge in [0.2, 0.25) is 0 Å². The summed E-state index contributed by atoms with van der Waals surface area (Å²) in [6.07, 6.45) is 3.56. The first-order chi connectivity index (χ1) is 24.0. The van der Waals surface area contributed by atoms with E-state index >= 15 is 0 Å². The summed E-state index contributed by atoms with van der Waals surface area (Å²) in [6, 6.07) is 45.1. The molecule has 0 N–H and O–H groups in total. The number of rotatable bonds is 2. The molecular weight excluding hydrogens is 599 g/mol. The SMILES string of the molecule is CC1(C)c2cc3c(cc2-c2cc4ccccc4cc21)-c1ccccc1CCC3c1ncc2c(=O)n(-c3ccccc3)c3ccccc3c2n1. The normalized spacial score (nSPS) is 15.8. The highest BCUT2D eigenvalue weighted by molar-refractivity contribution is 6.03. The van der Waals surface area contributed by atoms with Gasteiger partial charge in [-0.2, -0.15) is 0 Å². The van der Waals surface area contributed by atoms with Gasteiger partial charge in [0.25, 0.3) is 5.56 Å². The molecular formula is C45H33N3O. The van der Waals surface area contributed by atoms with Gasteiger partial charge in [0.05, 0.1) is 16.4 Å². The second-order valence-corrected chi connectivity index (χ2v) is 14.1. The maximum Gasteiger partial charge on any atom is 0.266 e. The molecule has 1 atom stereocenters. The highest BCUT2D eigenvalue weighted by Crippen LogP contribution is 2.53. The summed E-state index contributed by atoms with van der Waals surface area (Å²) >= 11 is 0. The molecule has 0 saturated carbocycles. The number of fused-ring (bicyclic) bond motifs is 10. The van der Waals surface area contributed by atoms with Gasteiger partial charge in [-0.05, 0) is 105 Å². The van der Waals surface area contributed by atoms with Crippen LogP contribution in [0.5, 0.6) is 0 Å². The predicted octanol–water partition coefficient (Wildman–Crippen LogP) is 10.1. The topological polar surface area (TPSA) is 47.8 Å². The number of nitrogens with zero attached hydrogens (tertiary/aromatic N) is 3. The molecule has 10 rings (SSSR count). The van der Waals surface area contributed by atoms with Gasteiger partial charge in [0, 0.05) is 28.6 Å². The molecule has 0 bridgehead atoms. The van der Waals surface area contributed by atoms with Crippen molar-refractivity contribution in [3.8, 4) is 27.9 Å². The molecule has 0 radical (unpaired) electrons. The second-order valence-electron chi connectivity index (χ2n) is 14.1. The van der Waals surface area contributed by atoms with E-state index in [4.69, 9.17) is 9.97 Å². The Hall–Kier alpha value is -5.87. The minimum Gasteiger partial charge on any atom is -0.276 e. The van der Waals surface area contributed by atoms with Gasteiger partial charge in [0.1, 0.15) is 5.82 Å². The summed E-state index contributed by atoms with van der Waals surface area (Å²) in [7, 11) is 0.